The molecule has 5 nitrogen and oxygen atoms in total. The average Bonchev–Trinajstić information content (AvgIpc) is 2.80. The molecule has 3 aromatic carbocycles. The Morgan fingerprint density at radius 1 is 1.00 bits per heavy atom. The van der Waals surface area contributed by atoms with Crippen molar-refractivity contribution >= 4 is 34.8 Å². The monoisotopic (exact) mass is 454 g/mol. The quantitative estimate of drug-likeness (QED) is 0.422. The van der Waals surface area contributed by atoms with Crippen LogP contribution < -0.4 is 15.4 Å². The van der Waals surface area contributed by atoms with Crippen LogP contribution in [0.3, 0.4) is 0 Å². The minimum Gasteiger partial charge on any atom is -0.483 e. The summed E-state index contributed by atoms with van der Waals surface area (Å²) in [5.74, 6) is -0.318. The zero-order chi connectivity index (χ0) is 23.1. The van der Waals surface area contributed by atoms with Crippen molar-refractivity contribution in [1.29, 1.82) is 0 Å². The maximum Gasteiger partial charge on any atom is 0.262 e. The number of hydrogen-bond acceptors (Lipinski definition) is 3. The maximum absolute atomic E-state index is 13.3. The molecule has 1 atom stereocenters. The van der Waals surface area contributed by atoms with E-state index >= 15 is 0 Å². The van der Waals surface area contributed by atoms with Crippen LogP contribution in [0.2, 0.25) is 5.02 Å². The number of nitrogens with one attached hydrogen (secondary N) is 2. The van der Waals surface area contributed by atoms with Gasteiger partial charge in [0.05, 0.1) is 5.02 Å². The highest BCUT2D eigenvalue weighted by Crippen LogP contribution is 2.28. The third kappa shape index (κ3) is 6.08. The number of carbonyl (C=O) groups is 2. The SMILES string of the molecule is CCC(C)c1ccccc1OCC(=O)Nc1cccc(C(=O)Nc2ccc(F)c(Cl)c2)c1. The van der Waals surface area contributed by atoms with Crippen LogP contribution in [0.1, 0.15) is 42.1 Å². The summed E-state index contributed by atoms with van der Waals surface area (Å²) in [7, 11) is 0. The van der Waals surface area contributed by atoms with Gasteiger partial charge in [-0.25, -0.2) is 4.39 Å². The van der Waals surface area contributed by atoms with Gasteiger partial charge in [0.2, 0.25) is 0 Å². The van der Waals surface area contributed by atoms with Crippen molar-refractivity contribution in [3.8, 4) is 5.75 Å². The number of carbonyl (C=O) groups excluding carboxylic acids is 2. The summed E-state index contributed by atoms with van der Waals surface area (Å²) in [6.07, 6.45) is 0.964. The predicted molar refractivity (Wildman–Crippen MR) is 125 cm³/mol. The highest BCUT2D eigenvalue weighted by Gasteiger charge is 2.13. The topological polar surface area (TPSA) is 67.4 Å². The number of para-hydroxylation sites is 1. The third-order valence-electron chi connectivity index (χ3n) is 5.01. The molecule has 7 heteroatoms. The highest BCUT2D eigenvalue weighted by atomic mass is 35.5. The molecule has 3 rings (SSSR count). The van der Waals surface area contributed by atoms with E-state index in [2.05, 4.69) is 24.5 Å². The van der Waals surface area contributed by atoms with Gasteiger partial charge in [0.1, 0.15) is 11.6 Å². The van der Waals surface area contributed by atoms with Gasteiger partial charge in [0, 0.05) is 16.9 Å². The minimum atomic E-state index is -0.566. The number of ether oxygens (including phenoxy) is 1. The van der Waals surface area contributed by atoms with E-state index in [0.717, 1.165) is 12.0 Å². The second-order valence-corrected chi connectivity index (χ2v) is 7.75. The Hall–Kier alpha value is -3.38. The molecular weight excluding hydrogens is 431 g/mol. The first kappa shape index (κ1) is 23.3. The molecule has 0 aliphatic heterocycles. The van der Waals surface area contributed by atoms with Crippen LogP contribution in [0, 0.1) is 5.82 Å². The molecule has 0 spiro atoms. The number of anilines is 2. The first-order valence-corrected chi connectivity index (χ1v) is 10.6. The van der Waals surface area contributed by atoms with Crippen molar-refractivity contribution in [2.75, 3.05) is 17.2 Å². The van der Waals surface area contributed by atoms with Gasteiger partial charge < -0.3 is 15.4 Å². The third-order valence-corrected chi connectivity index (χ3v) is 5.30. The summed E-state index contributed by atoms with van der Waals surface area (Å²) in [6, 6.07) is 18.1. The van der Waals surface area contributed by atoms with Gasteiger partial charge in [0.15, 0.2) is 6.61 Å². The summed E-state index contributed by atoms with van der Waals surface area (Å²) in [6.45, 7) is 4.05. The molecule has 0 radical (unpaired) electrons. The van der Waals surface area contributed by atoms with E-state index in [0.29, 0.717) is 28.6 Å². The Morgan fingerprint density at radius 3 is 2.50 bits per heavy atom. The number of hydrogen-bond donors (Lipinski definition) is 2. The number of benzene rings is 3. The van der Waals surface area contributed by atoms with Gasteiger partial charge in [-0.05, 0) is 60.4 Å². The fraction of sp³-hybridized carbons (Fsp3) is 0.200. The van der Waals surface area contributed by atoms with Crippen LogP contribution in [-0.2, 0) is 4.79 Å². The summed E-state index contributed by atoms with van der Waals surface area (Å²) in [4.78, 5) is 24.9. The minimum absolute atomic E-state index is 0.0845. The molecule has 0 fully saturated rings. The van der Waals surface area contributed by atoms with Crippen LogP contribution in [0.4, 0.5) is 15.8 Å². The van der Waals surface area contributed by atoms with Gasteiger partial charge >= 0.3 is 0 Å². The molecule has 1 unspecified atom stereocenters. The summed E-state index contributed by atoms with van der Waals surface area (Å²) >= 11 is 5.75. The van der Waals surface area contributed by atoms with E-state index in [4.69, 9.17) is 16.3 Å². The van der Waals surface area contributed by atoms with Crippen LogP contribution >= 0.6 is 11.6 Å². The molecule has 3 aromatic rings. The van der Waals surface area contributed by atoms with E-state index in [9.17, 15) is 14.0 Å². The molecule has 0 heterocycles. The molecule has 0 aliphatic carbocycles. The number of amides is 2. The molecule has 0 saturated carbocycles. The van der Waals surface area contributed by atoms with Gasteiger partial charge in [-0.15, -0.1) is 0 Å². The molecule has 0 aromatic heterocycles. The lowest BCUT2D eigenvalue weighted by Crippen LogP contribution is -2.21. The maximum atomic E-state index is 13.3. The van der Waals surface area contributed by atoms with Crippen LogP contribution in [0.5, 0.6) is 5.75 Å². The van der Waals surface area contributed by atoms with Crippen molar-refractivity contribution in [3.63, 3.8) is 0 Å². The molecule has 166 valence electrons. The van der Waals surface area contributed by atoms with Crippen molar-refractivity contribution in [2.24, 2.45) is 0 Å². The smallest absolute Gasteiger partial charge is 0.262 e. The molecule has 0 saturated heterocycles. The van der Waals surface area contributed by atoms with Crippen LogP contribution in [-0.4, -0.2) is 18.4 Å². The van der Waals surface area contributed by atoms with E-state index < -0.39 is 11.7 Å². The van der Waals surface area contributed by atoms with Gasteiger partial charge in [-0.2, -0.15) is 0 Å². The highest BCUT2D eigenvalue weighted by molar-refractivity contribution is 6.31. The van der Waals surface area contributed by atoms with Gasteiger partial charge in [-0.1, -0.05) is 49.7 Å². The Morgan fingerprint density at radius 2 is 1.75 bits per heavy atom. The molecule has 2 N–H and O–H groups in total. The first-order chi connectivity index (χ1) is 15.4. The number of rotatable bonds is 8. The largest absolute Gasteiger partial charge is 0.483 e. The Kier molecular flexibility index (Phi) is 7.84. The predicted octanol–water partition coefficient (Wildman–Crippen LogP) is 6.26. The lowest BCUT2D eigenvalue weighted by Gasteiger charge is -2.15. The first-order valence-electron chi connectivity index (χ1n) is 10.3. The lowest BCUT2D eigenvalue weighted by molar-refractivity contribution is -0.118. The van der Waals surface area contributed by atoms with Crippen molar-refractivity contribution < 1.29 is 18.7 Å². The molecule has 32 heavy (non-hydrogen) atoms. The van der Waals surface area contributed by atoms with E-state index in [1.54, 1.807) is 24.3 Å². The summed E-state index contributed by atoms with van der Waals surface area (Å²) in [5, 5.41) is 5.30. The zero-order valence-electron chi connectivity index (χ0n) is 17.8. The van der Waals surface area contributed by atoms with Crippen LogP contribution in [0.15, 0.2) is 66.7 Å². The van der Waals surface area contributed by atoms with Crippen molar-refractivity contribution in [1.82, 2.24) is 0 Å². The van der Waals surface area contributed by atoms with Crippen molar-refractivity contribution in [2.45, 2.75) is 26.2 Å². The fourth-order valence-electron chi connectivity index (χ4n) is 3.09. The van der Waals surface area contributed by atoms with Crippen LogP contribution in [0.25, 0.3) is 0 Å². The molecule has 0 bridgehead atoms. The summed E-state index contributed by atoms with van der Waals surface area (Å²) < 4.78 is 19.0. The number of halogens is 2. The zero-order valence-corrected chi connectivity index (χ0v) is 18.6. The molecular formula is C25H24ClFN2O3. The Balaban J connectivity index is 1.61. The Labute approximate surface area is 191 Å². The average molecular weight is 455 g/mol. The van der Waals surface area contributed by atoms with Gasteiger partial charge in [0.25, 0.3) is 11.8 Å². The second kappa shape index (κ2) is 10.8. The normalized spacial score (nSPS) is 11.5. The second-order valence-electron chi connectivity index (χ2n) is 7.35. The summed E-state index contributed by atoms with van der Waals surface area (Å²) in [5.41, 5.74) is 2.21. The lowest BCUT2D eigenvalue weighted by atomic mass is 9.98. The Bertz CT molecular complexity index is 1120. The standard InChI is InChI=1S/C25H24ClFN2O3/c1-3-16(2)20-9-4-5-10-23(20)32-15-24(30)28-18-8-6-7-17(13-18)25(31)29-19-11-12-22(27)21(26)14-19/h4-14,16H,3,15H2,1-2H3,(H,28,30)(H,29,31). The van der Waals surface area contributed by atoms with E-state index in [-0.39, 0.29) is 17.5 Å². The fourth-order valence-corrected chi connectivity index (χ4v) is 3.28. The molecule has 2 amide bonds. The van der Waals surface area contributed by atoms with Crippen molar-refractivity contribution in [3.05, 3.63) is 88.7 Å². The van der Waals surface area contributed by atoms with E-state index in [1.807, 2.05) is 24.3 Å². The van der Waals surface area contributed by atoms with Gasteiger partial charge in [-0.3, -0.25) is 9.59 Å². The van der Waals surface area contributed by atoms with E-state index in [1.165, 1.54) is 18.2 Å². The molecule has 0 aliphatic rings.